The third-order valence-corrected chi connectivity index (χ3v) is 5.95. The quantitative estimate of drug-likeness (QED) is 0.300. The van der Waals surface area contributed by atoms with Gasteiger partial charge >= 0.3 is 12.1 Å². The lowest BCUT2D eigenvalue weighted by Crippen LogP contribution is -2.26. The highest BCUT2D eigenvalue weighted by molar-refractivity contribution is 5.94. The number of hydrogen-bond donors (Lipinski definition) is 1. The molecule has 1 atom stereocenters. The number of aryl methyl sites for hydroxylation is 1. The Balaban J connectivity index is 1.70. The zero-order valence-corrected chi connectivity index (χ0v) is 21.0. The predicted molar refractivity (Wildman–Crippen MR) is 135 cm³/mol. The second kappa shape index (κ2) is 12.4. The minimum atomic E-state index is -4.37. The van der Waals surface area contributed by atoms with E-state index in [0.29, 0.717) is 16.9 Å². The van der Waals surface area contributed by atoms with Crippen LogP contribution in [0.25, 0.3) is 11.1 Å². The molecule has 8 heteroatoms. The number of alkyl halides is 3. The fraction of sp³-hybridized carbons (Fsp3) is 0.310. The zero-order valence-electron chi connectivity index (χ0n) is 21.0. The number of halogens is 3. The van der Waals surface area contributed by atoms with Crippen molar-refractivity contribution >= 4 is 11.9 Å². The molecule has 3 rings (SSSR count). The Bertz CT molecular complexity index is 1210. The summed E-state index contributed by atoms with van der Waals surface area (Å²) in [5, 5.41) is 2.67. The van der Waals surface area contributed by atoms with E-state index >= 15 is 0 Å². The van der Waals surface area contributed by atoms with Crippen LogP contribution in [0.15, 0.2) is 66.7 Å². The number of rotatable bonds is 10. The van der Waals surface area contributed by atoms with Crippen LogP contribution in [0.5, 0.6) is 5.75 Å². The highest BCUT2D eigenvalue weighted by Crippen LogP contribution is 2.33. The molecular formula is C29H30F3NO4. The summed E-state index contributed by atoms with van der Waals surface area (Å²) in [6.07, 6.45) is -2.86. The normalized spacial score (nSPS) is 12.1. The maximum Gasteiger partial charge on any atom is 0.416 e. The first-order valence-electron chi connectivity index (χ1n) is 12.0. The standard InChI is InChI=1S/C29H30F3NO4/c1-4-5-26(37-24-13-8-21(9-14-24)28(35)33-17-16-27(34)36-3)25-15-10-22(18-19(25)2)20-6-11-23(12-7-20)29(30,31)32/h6-15,18,26H,4-5,16-17H2,1-3H3,(H,33,35)/t26-/m1/s1. The molecule has 0 bridgehead atoms. The third-order valence-electron chi connectivity index (χ3n) is 5.95. The molecule has 0 spiro atoms. The van der Waals surface area contributed by atoms with Crippen molar-refractivity contribution in [2.75, 3.05) is 13.7 Å². The van der Waals surface area contributed by atoms with E-state index in [-0.39, 0.29) is 25.0 Å². The molecule has 0 heterocycles. The summed E-state index contributed by atoms with van der Waals surface area (Å²) in [6, 6.07) is 17.7. The minimum Gasteiger partial charge on any atom is -0.486 e. The second-order valence-corrected chi connectivity index (χ2v) is 8.65. The first-order chi connectivity index (χ1) is 17.6. The average molecular weight is 514 g/mol. The van der Waals surface area contributed by atoms with Crippen molar-refractivity contribution in [1.82, 2.24) is 5.32 Å². The number of carbonyl (C=O) groups is 2. The van der Waals surface area contributed by atoms with Gasteiger partial charge in [-0.15, -0.1) is 0 Å². The summed E-state index contributed by atoms with van der Waals surface area (Å²) in [7, 11) is 1.30. The van der Waals surface area contributed by atoms with Gasteiger partial charge in [-0.05, 0) is 72.0 Å². The van der Waals surface area contributed by atoms with Crippen molar-refractivity contribution in [2.24, 2.45) is 0 Å². The number of esters is 1. The van der Waals surface area contributed by atoms with Gasteiger partial charge in [0.2, 0.25) is 0 Å². The molecule has 0 aliphatic carbocycles. The first-order valence-corrected chi connectivity index (χ1v) is 12.0. The molecule has 0 aliphatic heterocycles. The molecule has 0 saturated heterocycles. The summed E-state index contributed by atoms with van der Waals surface area (Å²) in [6.45, 7) is 4.20. The SMILES string of the molecule is CCC[C@@H](Oc1ccc(C(=O)NCCC(=O)OC)cc1)c1ccc(-c2ccc(C(F)(F)F)cc2)cc1C. The Morgan fingerprint density at radius 3 is 2.16 bits per heavy atom. The van der Waals surface area contributed by atoms with Crippen LogP contribution in [-0.4, -0.2) is 25.5 Å². The molecule has 0 fully saturated rings. The molecule has 0 unspecified atom stereocenters. The number of amides is 1. The van der Waals surface area contributed by atoms with Crippen LogP contribution >= 0.6 is 0 Å². The molecule has 1 amide bonds. The number of benzene rings is 3. The Hall–Kier alpha value is -3.81. The largest absolute Gasteiger partial charge is 0.486 e. The van der Waals surface area contributed by atoms with E-state index in [1.165, 1.54) is 19.2 Å². The molecule has 5 nitrogen and oxygen atoms in total. The molecule has 37 heavy (non-hydrogen) atoms. The summed E-state index contributed by atoms with van der Waals surface area (Å²) >= 11 is 0. The molecule has 0 radical (unpaired) electrons. The van der Waals surface area contributed by atoms with Crippen LogP contribution in [0.4, 0.5) is 13.2 Å². The number of methoxy groups -OCH3 is 1. The Kier molecular flexibility index (Phi) is 9.33. The minimum absolute atomic E-state index is 0.0964. The Labute approximate surface area is 214 Å². The molecule has 3 aromatic rings. The smallest absolute Gasteiger partial charge is 0.416 e. The van der Waals surface area contributed by atoms with Gasteiger partial charge in [-0.1, -0.05) is 43.7 Å². The van der Waals surface area contributed by atoms with Crippen molar-refractivity contribution in [3.8, 4) is 16.9 Å². The van der Waals surface area contributed by atoms with Crippen LogP contribution < -0.4 is 10.1 Å². The van der Waals surface area contributed by atoms with Gasteiger partial charge in [0.25, 0.3) is 5.91 Å². The van der Waals surface area contributed by atoms with Gasteiger partial charge in [0.15, 0.2) is 0 Å². The van der Waals surface area contributed by atoms with E-state index in [1.54, 1.807) is 24.3 Å². The number of carbonyl (C=O) groups excluding carboxylic acids is 2. The second-order valence-electron chi connectivity index (χ2n) is 8.65. The maximum absolute atomic E-state index is 12.9. The van der Waals surface area contributed by atoms with Gasteiger partial charge in [-0.3, -0.25) is 9.59 Å². The molecule has 0 aliphatic rings. The average Bonchev–Trinajstić information content (AvgIpc) is 2.88. The number of hydrogen-bond acceptors (Lipinski definition) is 4. The Morgan fingerprint density at radius 2 is 1.59 bits per heavy atom. The summed E-state index contributed by atoms with van der Waals surface area (Å²) in [4.78, 5) is 23.5. The fourth-order valence-electron chi connectivity index (χ4n) is 3.94. The zero-order chi connectivity index (χ0) is 27.0. The van der Waals surface area contributed by atoms with Crippen LogP contribution in [0.1, 0.15) is 59.3 Å². The van der Waals surface area contributed by atoms with Gasteiger partial charge in [0.1, 0.15) is 11.9 Å². The van der Waals surface area contributed by atoms with Gasteiger partial charge in [-0.25, -0.2) is 0 Å². The summed E-state index contributed by atoms with van der Waals surface area (Å²) in [5.74, 6) is -0.0836. The van der Waals surface area contributed by atoms with E-state index < -0.39 is 17.7 Å². The lowest BCUT2D eigenvalue weighted by molar-refractivity contribution is -0.140. The van der Waals surface area contributed by atoms with Crippen LogP contribution in [0.3, 0.4) is 0 Å². The van der Waals surface area contributed by atoms with Gasteiger partial charge in [0, 0.05) is 12.1 Å². The van der Waals surface area contributed by atoms with E-state index in [2.05, 4.69) is 17.0 Å². The highest BCUT2D eigenvalue weighted by atomic mass is 19.4. The van der Waals surface area contributed by atoms with Crippen LogP contribution in [0, 0.1) is 6.92 Å². The predicted octanol–water partition coefficient (Wildman–Crippen LogP) is 6.89. The fourth-order valence-corrected chi connectivity index (χ4v) is 3.94. The number of ether oxygens (including phenoxy) is 2. The van der Waals surface area contributed by atoms with Crippen molar-refractivity contribution in [3.05, 3.63) is 89.0 Å². The number of nitrogens with one attached hydrogen (secondary N) is 1. The van der Waals surface area contributed by atoms with Gasteiger partial charge in [0.05, 0.1) is 19.1 Å². The third kappa shape index (κ3) is 7.59. The highest BCUT2D eigenvalue weighted by Gasteiger charge is 2.30. The molecule has 3 aromatic carbocycles. The van der Waals surface area contributed by atoms with E-state index in [1.807, 2.05) is 25.1 Å². The van der Waals surface area contributed by atoms with Crippen molar-refractivity contribution in [1.29, 1.82) is 0 Å². The molecule has 1 N–H and O–H groups in total. The van der Waals surface area contributed by atoms with Crippen LogP contribution in [0.2, 0.25) is 0 Å². The van der Waals surface area contributed by atoms with E-state index in [4.69, 9.17) is 4.74 Å². The molecular weight excluding hydrogens is 483 g/mol. The van der Waals surface area contributed by atoms with Crippen molar-refractivity contribution in [2.45, 2.75) is 45.4 Å². The first kappa shape index (κ1) is 27.8. The molecule has 196 valence electrons. The van der Waals surface area contributed by atoms with E-state index in [0.717, 1.165) is 41.7 Å². The topological polar surface area (TPSA) is 64.6 Å². The monoisotopic (exact) mass is 513 g/mol. The van der Waals surface area contributed by atoms with Crippen molar-refractivity contribution < 1.29 is 32.2 Å². The lowest BCUT2D eigenvalue weighted by atomic mass is 9.95. The molecule has 0 saturated carbocycles. The molecule has 0 aromatic heterocycles. The summed E-state index contributed by atoms with van der Waals surface area (Å²) < 4.78 is 49.5. The van der Waals surface area contributed by atoms with Gasteiger partial charge < -0.3 is 14.8 Å². The van der Waals surface area contributed by atoms with Gasteiger partial charge in [-0.2, -0.15) is 13.2 Å². The lowest BCUT2D eigenvalue weighted by Gasteiger charge is -2.22. The Morgan fingerprint density at radius 1 is 0.946 bits per heavy atom. The summed E-state index contributed by atoms with van der Waals surface area (Å²) in [5.41, 5.74) is 3.26. The van der Waals surface area contributed by atoms with Crippen LogP contribution in [-0.2, 0) is 15.7 Å². The maximum atomic E-state index is 12.9. The van der Waals surface area contributed by atoms with E-state index in [9.17, 15) is 22.8 Å². The van der Waals surface area contributed by atoms with Crippen molar-refractivity contribution in [3.63, 3.8) is 0 Å².